The molecule has 2 rings (SSSR count). The highest BCUT2D eigenvalue weighted by Gasteiger charge is 2.06. The zero-order valence-corrected chi connectivity index (χ0v) is 11.0. The number of ether oxygens (including phenoxy) is 1. The molecule has 5 heteroatoms. The van der Waals surface area contributed by atoms with Gasteiger partial charge in [0.2, 0.25) is 0 Å². The van der Waals surface area contributed by atoms with Crippen LogP contribution in [0.5, 0.6) is 5.75 Å². The van der Waals surface area contributed by atoms with Crippen LogP contribution in [0.25, 0.3) is 0 Å². The largest absolute Gasteiger partial charge is 0.487 e. The van der Waals surface area contributed by atoms with Crippen LogP contribution in [0.3, 0.4) is 0 Å². The summed E-state index contributed by atoms with van der Waals surface area (Å²) in [6, 6.07) is 8.35. The van der Waals surface area contributed by atoms with Crippen molar-refractivity contribution in [2.75, 3.05) is 0 Å². The van der Waals surface area contributed by atoms with Crippen molar-refractivity contribution >= 4 is 5.97 Å². The quantitative estimate of drug-likeness (QED) is 0.897. The molecule has 0 saturated heterocycles. The van der Waals surface area contributed by atoms with Gasteiger partial charge in [0.05, 0.1) is 17.0 Å². The Balaban J connectivity index is 2.03. The van der Waals surface area contributed by atoms with E-state index in [4.69, 9.17) is 9.84 Å². The number of benzene rings is 1. The van der Waals surface area contributed by atoms with Crippen LogP contribution in [0.15, 0.2) is 30.3 Å². The standard InChI is InChI=1S/C14H16N2O3/c1-3-16-12(8-10(2)15-16)9-19-13-6-4-11(5-7-13)14(17)18/h4-8H,3,9H2,1-2H3,(H,17,18). The minimum Gasteiger partial charge on any atom is -0.487 e. The molecule has 1 aromatic heterocycles. The van der Waals surface area contributed by atoms with Gasteiger partial charge in [0, 0.05) is 6.54 Å². The van der Waals surface area contributed by atoms with E-state index in [2.05, 4.69) is 5.10 Å². The molecule has 0 aliphatic rings. The van der Waals surface area contributed by atoms with Gasteiger partial charge in [0.15, 0.2) is 0 Å². The Hall–Kier alpha value is -2.30. The van der Waals surface area contributed by atoms with E-state index in [0.717, 1.165) is 17.9 Å². The van der Waals surface area contributed by atoms with E-state index in [-0.39, 0.29) is 5.56 Å². The molecule has 0 radical (unpaired) electrons. The SMILES string of the molecule is CCn1nc(C)cc1COc1ccc(C(=O)O)cc1. The molecule has 1 heterocycles. The molecule has 0 atom stereocenters. The fourth-order valence-corrected chi connectivity index (χ4v) is 1.84. The maximum atomic E-state index is 10.7. The highest BCUT2D eigenvalue weighted by atomic mass is 16.5. The first-order chi connectivity index (χ1) is 9.10. The summed E-state index contributed by atoms with van der Waals surface area (Å²) in [5, 5.41) is 13.1. The monoisotopic (exact) mass is 260 g/mol. The Bertz CT molecular complexity index is 573. The van der Waals surface area contributed by atoms with Crippen LogP contribution in [-0.2, 0) is 13.2 Å². The molecule has 0 unspecified atom stereocenters. The summed E-state index contributed by atoms with van der Waals surface area (Å²) in [5.41, 5.74) is 2.21. The molecule has 0 aliphatic heterocycles. The van der Waals surface area contributed by atoms with Crippen molar-refractivity contribution in [3.8, 4) is 5.75 Å². The number of nitrogens with zero attached hydrogens (tertiary/aromatic N) is 2. The van der Waals surface area contributed by atoms with Crippen molar-refractivity contribution in [2.45, 2.75) is 27.0 Å². The number of aromatic nitrogens is 2. The topological polar surface area (TPSA) is 64.4 Å². The lowest BCUT2D eigenvalue weighted by molar-refractivity contribution is 0.0697. The lowest BCUT2D eigenvalue weighted by Crippen LogP contribution is -2.06. The van der Waals surface area contributed by atoms with Gasteiger partial charge in [-0.2, -0.15) is 5.10 Å². The second-order valence-electron chi connectivity index (χ2n) is 4.21. The molecule has 0 fully saturated rings. The van der Waals surface area contributed by atoms with Crippen LogP contribution in [-0.4, -0.2) is 20.9 Å². The summed E-state index contributed by atoms with van der Waals surface area (Å²) >= 11 is 0. The van der Waals surface area contributed by atoms with Gasteiger partial charge in [-0.3, -0.25) is 4.68 Å². The molecule has 0 spiro atoms. The first kappa shape index (κ1) is 13.1. The Labute approximate surface area is 111 Å². The number of hydrogen-bond donors (Lipinski definition) is 1. The second kappa shape index (κ2) is 5.56. The number of carboxylic acid groups (broad SMARTS) is 1. The minimum absolute atomic E-state index is 0.252. The summed E-state index contributed by atoms with van der Waals surface area (Å²) in [7, 11) is 0. The fraction of sp³-hybridized carbons (Fsp3) is 0.286. The first-order valence-corrected chi connectivity index (χ1v) is 6.09. The number of carboxylic acids is 1. The molecular weight excluding hydrogens is 244 g/mol. The molecule has 1 aromatic carbocycles. The van der Waals surface area contributed by atoms with E-state index in [1.54, 1.807) is 12.1 Å². The first-order valence-electron chi connectivity index (χ1n) is 6.09. The lowest BCUT2D eigenvalue weighted by atomic mass is 10.2. The third kappa shape index (κ3) is 3.13. The van der Waals surface area contributed by atoms with Gasteiger partial charge >= 0.3 is 5.97 Å². The van der Waals surface area contributed by atoms with Gasteiger partial charge in [-0.25, -0.2) is 4.79 Å². The fourth-order valence-electron chi connectivity index (χ4n) is 1.84. The normalized spacial score (nSPS) is 10.4. The Morgan fingerprint density at radius 3 is 2.63 bits per heavy atom. The average molecular weight is 260 g/mol. The average Bonchev–Trinajstić information content (AvgIpc) is 2.77. The number of aromatic carboxylic acids is 1. The molecule has 19 heavy (non-hydrogen) atoms. The van der Waals surface area contributed by atoms with Crippen molar-refractivity contribution in [2.24, 2.45) is 0 Å². The highest BCUT2D eigenvalue weighted by molar-refractivity contribution is 5.87. The maximum absolute atomic E-state index is 10.7. The van der Waals surface area contributed by atoms with Crippen LogP contribution < -0.4 is 4.74 Å². The van der Waals surface area contributed by atoms with Crippen molar-refractivity contribution in [1.82, 2.24) is 9.78 Å². The van der Waals surface area contributed by atoms with E-state index in [0.29, 0.717) is 12.4 Å². The minimum atomic E-state index is -0.939. The van der Waals surface area contributed by atoms with Crippen molar-refractivity contribution in [1.29, 1.82) is 0 Å². The molecule has 1 N–H and O–H groups in total. The molecular formula is C14H16N2O3. The summed E-state index contributed by atoms with van der Waals surface area (Å²) in [6.07, 6.45) is 0. The molecule has 0 bridgehead atoms. The Kier molecular flexibility index (Phi) is 3.85. The molecule has 0 amide bonds. The van der Waals surface area contributed by atoms with Crippen LogP contribution in [0, 0.1) is 6.92 Å². The molecule has 100 valence electrons. The van der Waals surface area contributed by atoms with Gasteiger partial charge in [0.1, 0.15) is 12.4 Å². The summed E-state index contributed by atoms with van der Waals surface area (Å²) < 4.78 is 7.52. The van der Waals surface area contributed by atoms with Crippen molar-refractivity contribution in [3.63, 3.8) is 0 Å². The van der Waals surface area contributed by atoms with Crippen LogP contribution >= 0.6 is 0 Å². The number of hydrogen-bond acceptors (Lipinski definition) is 3. The van der Waals surface area contributed by atoms with Gasteiger partial charge in [0.25, 0.3) is 0 Å². The molecule has 5 nitrogen and oxygen atoms in total. The predicted octanol–water partition coefficient (Wildman–Crippen LogP) is 2.49. The van der Waals surface area contributed by atoms with Crippen LogP contribution in [0.2, 0.25) is 0 Å². The molecule has 0 aliphatic carbocycles. The zero-order valence-electron chi connectivity index (χ0n) is 11.0. The predicted molar refractivity (Wildman–Crippen MR) is 70.4 cm³/mol. The maximum Gasteiger partial charge on any atom is 0.335 e. The highest BCUT2D eigenvalue weighted by Crippen LogP contribution is 2.14. The number of aryl methyl sites for hydroxylation is 2. The summed E-state index contributed by atoms with van der Waals surface area (Å²) in [5.74, 6) is -0.294. The van der Waals surface area contributed by atoms with Gasteiger partial charge in [-0.05, 0) is 44.2 Å². The third-order valence-corrected chi connectivity index (χ3v) is 2.77. The Morgan fingerprint density at radius 1 is 1.37 bits per heavy atom. The van der Waals surface area contributed by atoms with E-state index in [1.807, 2.05) is 24.6 Å². The Morgan fingerprint density at radius 2 is 2.05 bits per heavy atom. The smallest absolute Gasteiger partial charge is 0.335 e. The van der Waals surface area contributed by atoms with Gasteiger partial charge in [-0.1, -0.05) is 0 Å². The number of rotatable bonds is 5. The third-order valence-electron chi connectivity index (χ3n) is 2.77. The van der Waals surface area contributed by atoms with Gasteiger partial charge < -0.3 is 9.84 Å². The lowest BCUT2D eigenvalue weighted by Gasteiger charge is -2.07. The van der Waals surface area contributed by atoms with E-state index >= 15 is 0 Å². The summed E-state index contributed by atoms with van der Waals surface area (Å²) in [4.78, 5) is 10.7. The second-order valence-corrected chi connectivity index (χ2v) is 4.21. The molecule has 0 saturated carbocycles. The zero-order chi connectivity index (χ0) is 13.8. The van der Waals surface area contributed by atoms with Gasteiger partial charge in [-0.15, -0.1) is 0 Å². The van der Waals surface area contributed by atoms with Crippen molar-refractivity contribution < 1.29 is 14.6 Å². The van der Waals surface area contributed by atoms with E-state index in [9.17, 15) is 4.79 Å². The van der Waals surface area contributed by atoms with Crippen LogP contribution in [0.4, 0.5) is 0 Å². The van der Waals surface area contributed by atoms with E-state index in [1.165, 1.54) is 12.1 Å². The van der Waals surface area contributed by atoms with Crippen LogP contribution in [0.1, 0.15) is 28.7 Å². The summed E-state index contributed by atoms with van der Waals surface area (Å²) in [6.45, 7) is 5.18. The van der Waals surface area contributed by atoms with Crippen molar-refractivity contribution in [3.05, 3.63) is 47.3 Å². The number of carbonyl (C=O) groups is 1. The van der Waals surface area contributed by atoms with E-state index < -0.39 is 5.97 Å². The molecule has 2 aromatic rings.